The number of carbonyl (C=O) groups excluding carboxylic acids is 1. The van der Waals surface area contributed by atoms with Gasteiger partial charge in [0.1, 0.15) is 5.60 Å². The Morgan fingerprint density at radius 2 is 1.83 bits per heavy atom. The SMILES string of the molecule is C=CCC(Cc1ccc(OC)c(OCCc2ccccc2)c1)NC(=O)OC(C)(C)C. The van der Waals surface area contributed by atoms with Gasteiger partial charge in [-0.25, -0.2) is 4.79 Å². The minimum Gasteiger partial charge on any atom is -0.493 e. The Morgan fingerprint density at radius 1 is 1.10 bits per heavy atom. The molecule has 0 radical (unpaired) electrons. The number of ether oxygens (including phenoxy) is 3. The molecule has 0 saturated heterocycles. The first-order valence-electron chi connectivity index (χ1n) is 10.2. The summed E-state index contributed by atoms with van der Waals surface area (Å²) in [7, 11) is 1.63. The Labute approximate surface area is 180 Å². The summed E-state index contributed by atoms with van der Waals surface area (Å²) in [5, 5.41) is 2.93. The fraction of sp³-hybridized carbons (Fsp3) is 0.400. The molecular weight excluding hydrogens is 378 g/mol. The number of alkyl carbamates (subject to hydrolysis) is 1. The number of rotatable bonds is 10. The van der Waals surface area contributed by atoms with E-state index in [0.717, 1.165) is 12.0 Å². The van der Waals surface area contributed by atoms with Crippen LogP contribution in [-0.4, -0.2) is 31.5 Å². The average molecular weight is 412 g/mol. The Morgan fingerprint density at radius 3 is 2.47 bits per heavy atom. The van der Waals surface area contributed by atoms with Gasteiger partial charge in [0.05, 0.1) is 13.7 Å². The number of hydrogen-bond acceptors (Lipinski definition) is 4. The summed E-state index contributed by atoms with van der Waals surface area (Å²) in [6.07, 6.45) is 3.44. The summed E-state index contributed by atoms with van der Waals surface area (Å²) in [6, 6.07) is 15.9. The molecule has 0 aliphatic rings. The highest BCUT2D eigenvalue weighted by Gasteiger charge is 2.19. The maximum Gasteiger partial charge on any atom is 0.407 e. The summed E-state index contributed by atoms with van der Waals surface area (Å²) >= 11 is 0. The fourth-order valence-corrected chi connectivity index (χ4v) is 3.04. The fourth-order valence-electron chi connectivity index (χ4n) is 3.04. The molecule has 2 aromatic rings. The Balaban J connectivity index is 2.03. The van der Waals surface area contributed by atoms with Gasteiger partial charge in [-0.1, -0.05) is 42.5 Å². The van der Waals surface area contributed by atoms with Gasteiger partial charge in [0.25, 0.3) is 0 Å². The minimum absolute atomic E-state index is 0.122. The van der Waals surface area contributed by atoms with Crippen LogP contribution in [0.3, 0.4) is 0 Å². The van der Waals surface area contributed by atoms with E-state index in [-0.39, 0.29) is 6.04 Å². The van der Waals surface area contributed by atoms with Crippen molar-refractivity contribution in [3.63, 3.8) is 0 Å². The van der Waals surface area contributed by atoms with Crippen LogP contribution in [0.15, 0.2) is 61.2 Å². The Bertz CT molecular complexity index is 812. The molecule has 0 aliphatic heterocycles. The maximum absolute atomic E-state index is 12.2. The predicted molar refractivity (Wildman–Crippen MR) is 120 cm³/mol. The van der Waals surface area contributed by atoms with Gasteiger partial charge in [0, 0.05) is 12.5 Å². The number of amides is 1. The summed E-state index contributed by atoms with van der Waals surface area (Å²) in [6.45, 7) is 9.89. The quantitative estimate of drug-likeness (QED) is 0.537. The molecule has 0 aliphatic carbocycles. The zero-order valence-corrected chi connectivity index (χ0v) is 18.4. The summed E-state index contributed by atoms with van der Waals surface area (Å²) < 4.78 is 16.8. The van der Waals surface area contributed by atoms with Crippen LogP contribution >= 0.6 is 0 Å². The number of methoxy groups -OCH3 is 1. The van der Waals surface area contributed by atoms with E-state index in [1.807, 2.05) is 57.2 Å². The van der Waals surface area contributed by atoms with Gasteiger partial charge in [0.2, 0.25) is 0 Å². The molecule has 5 nitrogen and oxygen atoms in total. The first-order valence-corrected chi connectivity index (χ1v) is 10.2. The standard InChI is InChI=1S/C25H33NO4/c1-6-10-21(26-24(27)30-25(2,3)4)17-20-13-14-22(28-5)23(18-20)29-16-15-19-11-8-7-9-12-19/h6-9,11-14,18,21H,1,10,15-17H2,2-5H3,(H,26,27). The number of carbonyl (C=O) groups is 1. The molecule has 1 N–H and O–H groups in total. The van der Waals surface area contributed by atoms with Crippen molar-refractivity contribution in [2.75, 3.05) is 13.7 Å². The topological polar surface area (TPSA) is 56.8 Å². The van der Waals surface area contributed by atoms with Crippen molar-refractivity contribution >= 4 is 6.09 Å². The normalized spacial score (nSPS) is 12.0. The van der Waals surface area contributed by atoms with Crippen molar-refractivity contribution in [1.29, 1.82) is 0 Å². The lowest BCUT2D eigenvalue weighted by Crippen LogP contribution is -2.40. The highest BCUT2D eigenvalue weighted by molar-refractivity contribution is 5.68. The van der Waals surface area contributed by atoms with E-state index in [4.69, 9.17) is 14.2 Å². The van der Waals surface area contributed by atoms with Crippen LogP contribution < -0.4 is 14.8 Å². The second-order valence-electron chi connectivity index (χ2n) is 8.14. The molecule has 162 valence electrons. The Kier molecular flexibility index (Phi) is 8.78. The molecule has 0 fully saturated rings. The smallest absolute Gasteiger partial charge is 0.407 e. The number of nitrogens with one attached hydrogen (secondary N) is 1. The van der Waals surface area contributed by atoms with Crippen LogP contribution in [0.2, 0.25) is 0 Å². The van der Waals surface area contributed by atoms with Crippen molar-refractivity contribution in [3.8, 4) is 11.5 Å². The lowest BCUT2D eigenvalue weighted by molar-refractivity contribution is 0.0504. The third-order valence-electron chi connectivity index (χ3n) is 4.37. The second kappa shape index (κ2) is 11.3. The van der Waals surface area contributed by atoms with E-state index < -0.39 is 11.7 Å². The van der Waals surface area contributed by atoms with Crippen molar-refractivity contribution < 1.29 is 19.0 Å². The monoisotopic (exact) mass is 411 g/mol. The number of hydrogen-bond donors (Lipinski definition) is 1. The largest absolute Gasteiger partial charge is 0.493 e. The molecule has 5 heteroatoms. The molecule has 2 aromatic carbocycles. The predicted octanol–water partition coefficient (Wildman–Crippen LogP) is 5.33. The lowest BCUT2D eigenvalue weighted by Gasteiger charge is -2.23. The first-order chi connectivity index (χ1) is 14.3. The van der Waals surface area contributed by atoms with E-state index in [1.165, 1.54) is 5.56 Å². The van der Waals surface area contributed by atoms with Gasteiger partial charge in [-0.05, 0) is 56.9 Å². The molecule has 0 spiro atoms. The van der Waals surface area contributed by atoms with Gasteiger partial charge < -0.3 is 19.5 Å². The third kappa shape index (κ3) is 8.19. The van der Waals surface area contributed by atoms with Gasteiger partial charge in [-0.3, -0.25) is 0 Å². The van der Waals surface area contributed by atoms with Crippen molar-refractivity contribution in [3.05, 3.63) is 72.3 Å². The van der Waals surface area contributed by atoms with Crippen LogP contribution in [-0.2, 0) is 17.6 Å². The third-order valence-corrected chi connectivity index (χ3v) is 4.37. The van der Waals surface area contributed by atoms with Crippen LogP contribution in [0.1, 0.15) is 38.3 Å². The molecule has 0 aromatic heterocycles. The highest BCUT2D eigenvalue weighted by atomic mass is 16.6. The van der Waals surface area contributed by atoms with Gasteiger partial charge in [0.15, 0.2) is 11.5 Å². The zero-order valence-electron chi connectivity index (χ0n) is 18.4. The van der Waals surface area contributed by atoms with E-state index in [9.17, 15) is 4.79 Å². The van der Waals surface area contributed by atoms with Crippen molar-refractivity contribution in [1.82, 2.24) is 5.32 Å². The Hall–Kier alpha value is -2.95. The molecular formula is C25H33NO4. The average Bonchev–Trinajstić information content (AvgIpc) is 2.68. The van der Waals surface area contributed by atoms with Gasteiger partial charge >= 0.3 is 6.09 Å². The molecule has 1 amide bonds. The van der Waals surface area contributed by atoms with E-state index in [1.54, 1.807) is 13.2 Å². The molecule has 0 heterocycles. The van der Waals surface area contributed by atoms with Crippen LogP contribution in [0, 0.1) is 0 Å². The maximum atomic E-state index is 12.2. The zero-order chi connectivity index (χ0) is 22.0. The molecule has 1 atom stereocenters. The molecule has 30 heavy (non-hydrogen) atoms. The molecule has 2 rings (SSSR count). The second-order valence-corrected chi connectivity index (χ2v) is 8.14. The molecule has 0 saturated carbocycles. The van der Waals surface area contributed by atoms with Crippen molar-refractivity contribution in [2.24, 2.45) is 0 Å². The molecule has 0 bridgehead atoms. The summed E-state index contributed by atoms with van der Waals surface area (Å²) in [5.74, 6) is 1.38. The van der Waals surface area contributed by atoms with E-state index in [2.05, 4.69) is 24.0 Å². The van der Waals surface area contributed by atoms with E-state index >= 15 is 0 Å². The van der Waals surface area contributed by atoms with Crippen LogP contribution in [0.25, 0.3) is 0 Å². The van der Waals surface area contributed by atoms with Crippen LogP contribution in [0.4, 0.5) is 4.79 Å². The van der Waals surface area contributed by atoms with Crippen LogP contribution in [0.5, 0.6) is 11.5 Å². The lowest BCUT2D eigenvalue weighted by atomic mass is 10.0. The summed E-state index contributed by atoms with van der Waals surface area (Å²) in [5.41, 5.74) is 1.72. The molecule has 1 unspecified atom stereocenters. The number of benzene rings is 2. The minimum atomic E-state index is -0.539. The van der Waals surface area contributed by atoms with Gasteiger partial charge in [-0.2, -0.15) is 0 Å². The first kappa shape index (κ1) is 23.3. The summed E-state index contributed by atoms with van der Waals surface area (Å²) in [4.78, 5) is 12.2. The van der Waals surface area contributed by atoms with E-state index in [0.29, 0.717) is 30.9 Å². The van der Waals surface area contributed by atoms with Gasteiger partial charge in [-0.15, -0.1) is 6.58 Å². The highest BCUT2D eigenvalue weighted by Crippen LogP contribution is 2.29. The van der Waals surface area contributed by atoms with Crippen molar-refractivity contribution in [2.45, 2.75) is 51.7 Å².